The molecular formula is C21H24FN7O4S. The fourth-order valence-corrected chi connectivity index (χ4v) is 3.37. The van der Waals surface area contributed by atoms with E-state index in [9.17, 15) is 18.8 Å². The standard InChI is InChI=1S/C21H24FN7O4S/c1-10-7-13(22)12(16(30)26-18-24-11(2)29(6)28-18)8-14(10)25-17(31)15-9-23-19(34-15)27-20(32)33-21(3,4)5/h7-9H,1-6H3,(H,25,31)(H,23,27,32)(H,26,28,30). The molecule has 3 rings (SSSR count). The van der Waals surface area contributed by atoms with E-state index in [1.165, 1.54) is 16.9 Å². The first-order chi connectivity index (χ1) is 15.8. The van der Waals surface area contributed by atoms with Gasteiger partial charge in [0.25, 0.3) is 11.8 Å². The number of halogens is 1. The number of rotatable bonds is 5. The van der Waals surface area contributed by atoms with Crippen molar-refractivity contribution >= 4 is 46.0 Å². The number of aryl methyl sites for hydroxylation is 3. The molecule has 0 spiro atoms. The number of nitrogens with zero attached hydrogens (tertiary/aromatic N) is 4. The van der Waals surface area contributed by atoms with Gasteiger partial charge in [-0.25, -0.2) is 14.2 Å². The van der Waals surface area contributed by atoms with E-state index in [-0.39, 0.29) is 27.2 Å². The summed E-state index contributed by atoms with van der Waals surface area (Å²) in [5.74, 6) is -1.47. The molecule has 0 saturated heterocycles. The summed E-state index contributed by atoms with van der Waals surface area (Å²) < 4.78 is 21.1. The highest BCUT2D eigenvalue weighted by molar-refractivity contribution is 7.17. The average Bonchev–Trinajstić information content (AvgIpc) is 3.28. The van der Waals surface area contributed by atoms with E-state index < -0.39 is 29.3 Å². The zero-order valence-corrected chi connectivity index (χ0v) is 20.3. The first-order valence-corrected chi connectivity index (χ1v) is 10.9. The Labute approximate surface area is 198 Å². The highest BCUT2D eigenvalue weighted by Crippen LogP contribution is 2.24. The van der Waals surface area contributed by atoms with Crippen molar-refractivity contribution in [1.82, 2.24) is 19.7 Å². The number of carbonyl (C=O) groups is 3. The number of amides is 3. The van der Waals surface area contributed by atoms with Gasteiger partial charge in [0, 0.05) is 12.7 Å². The zero-order chi connectivity index (χ0) is 25.2. The summed E-state index contributed by atoms with van der Waals surface area (Å²) in [7, 11) is 1.66. The van der Waals surface area contributed by atoms with Gasteiger partial charge in [-0.2, -0.15) is 4.98 Å². The number of nitrogens with one attached hydrogen (secondary N) is 3. The molecule has 180 valence electrons. The number of benzene rings is 1. The monoisotopic (exact) mass is 489 g/mol. The van der Waals surface area contributed by atoms with Gasteiger partial charge in [0.05, 0.1) is 11.8 Å². The van der Waals surface area contributed by atoms with Crippen LogP contribution < -0.4 is 16.0 Å². The van der Waals surface area contributed by atoms with Crippen molar-refractivity contribution in [3.63, 3.8) is 0 Å². The van der Waals surface area contributed by atoms with Gasteiger partial charge in [0.2, 0.25) is 5.95 Å². The van der Waals surface area contributed by atoms with Gasteiger partial charge >= 0.3 is 6.09 Å². The minimum Gasteiger partial charge on any atom is -0.444 e. The molecule has 0 saturated carbocycles. The van der Waals surface area contributed by atoms with Crippen LogP contribution in [-0.2, 0) is 11.8 Å². The number of aromatic nitrogens is 4. The Kier molecular flexibility index (Phi) is 6.96. The van der Waals surface area contributed by atoms with E-state index in [1.807, 2.05) is 0 Å². The highest BCUT2D eigenvalue weighted by atomic mass is 32.1. The predicted octanol–water partition coefficient (Wildman–Crippen LogP) is 3.88. The largest absolute Gasteiger partial charge is 0.444 e. The van der Waals surface area contributed by atoms with Gasteiger partial charge < -0.3 is 10.1 Å². The molecule has 0 radical (unpaired) electrons. The van der Waals surface area contributed by atoms with Crippen LogP contribution in [0.25, 0.3) is 0 Å². The molecule has 11 nitrogen and oxygen atoms in total. The van der Waals surface area contributed by atoms with Gasteiger partial charge in [-0.15, -0.1) is 5.10 Å². The van der Waals surface area contributed by atoms with E-state index in [2.05, 4.69) is 31.0 Å². The van der Waals surface area contributed by atoms with Crippen molar-refractivity contribution < 1.29 is 23.5 Å². The molecule has 0 fully saturated rings. The molecule has 3 N–H and O–H groups in total. The molecule has 3 amide bonds. The molecule has 1 aromatic carbocycles. The summed E-state index contributed by atoms with van der Waals surface area (Å²) in [4.78, 5) is 45.4. The van der Waals surface area contributed by atoms with Gasteiger partial charge in [-0.3, -0.25) is 24.9 Å². The van der Waals surface area contributed by atoms with Crippen molar-refractivity contribution in [2.75, 3.05) is 16.0 Å². The maximum atomic E-state index is 14.5. The normalized spacial score (nSPS) is 11.1. The maximum absolute atomic E-state index is 14.5. The van der Waals surface area contributed by atoms with Crippen LogP contribution in [0.4, 0.5) is 26.0 Å². The number of anilines is 3. The van der Waals surface area contributed by atoms with Crippen LogP contribution in [-0.4, -0.2) is 43.3 Å². The third-order valence-corrected chi connectivity index (χ3v) is 5.26. The molecular weight excluding hydrogens is 465 g/mol. The third kappa shape index (κ3) is 6.13. The quantitative estimate of drug-likeness (QED) is 0.494. The van der Waals surface area contributed by atoms with Gasteiger partial charge in [-0.05, 0) is 52.3 Å². The number of ether oxygens (including phenoxy) is 1. The molecule has 0 unspecified atom stereocenters. The smallest absolute Gasteiger partial charge is 0.413 e. The first-order valence-electron chi connectivity index (χ1n) is 10.1. The molecule has 2 aromatic heterocycles. The lowest BCUT2D eigenvalue weighted by molar-refractivity contribution is 0.0635. The Balaban J connectivity index is 1.73. The zero-order valence-electron chi connectivity index (χ0n) is 19.4. The SMILES string of the molecule is Cc1cc(F)c(C(=O)Nc2nc(C)n(C)n2)cc1NC(=O)c1cnc(NC(=O)OC(C)(C)C)s1. The third-order valence-electron chi connectivity index (χ3n) is 4.35. The lowest BCUT2D eigenvalue weighted by atomic mass is 10.1. The van der Waals surface area contributed by atoms with Crippen molar-refractivity contribution in [3.8, 4) is 0 Å². The molecule has 0 atom stereocenters. The van der Waals surface area contributed by atoms with Crippen molar-refractivity contribution in [2.24, 2.45) is 7.05 Å². The summed E-state index contributed by atoms with van der Waals surface area (Å²) in [6, 6.07) is 2.37. The van der Waals surface area contributed by atoms with E-state index in [0.717, 1.165) is 17.4 Å². The van der Waals surface area contributed by atoms with Crippen LogP contribution in [0.2, 0.25) is 0 Å². The molecule has 0 aliphatic heterocycles. The van der Waals surface area contributed by atoms with Gasteiger partial charge in [-0.1, -0.05) is 11.3 Å². The van der Waals surface area contributed by atoms with E-state index in [4.69, 9.17) is 4.74 Å². The average molecular weight is 490 g/mol. The lowest BCUT2D eigenvalue weighted by Crippen LogP contribution is -2.27. The van der Waals surface area contributed by atoms with Crippen LogP contribution in [0, 0.1) is 19.7 Å². The Morgan fingerprint density at radius 3 is 2.41 bits per heavy atom. The summed E-state index contributed by atoms with van der Waals surface area (Å²) >= 11 is 0.932. The Morgan fingerprint density at radius 2 is 1.79 bits per heavy atom. The molecule has 13 heteroatoms. The number of carbonyl (C=O) groups excluding carboxylic acids is 3. The second-order valence-electron chi connectivity index (χ2n) is 8.32. The van der Waals surface area contributed by atoms with Crippen molar-refractivity contribution in [2.45, 2.75) is 40.2 Å². The van der Waals surface area contributed by atoms with E-state index >= 15 is 0 Å². The molecule has 0 aliphatic rings. The van der Waals surface area contributed by atoms with Gasteiger partial charge in [0.1, 0.15) is 22.1 Å². The number of hydrogen-bond acceptors (Lipinski definition) is 8. The number of hydrogen-bond donors (Lipinski definition) is 3. The fraction of sp³-hybridized carbons (Fsp3) is 0.333. The molecule has 0 aliphatic carbocycles. The predicted molar refractivity (Wildman–Crippen MR) is 125 cm³/mol. The fourth-order valence-electron chi connectivity index (χ4n) is 2.68. The molecule has 34 heavy (non-hydrogen) atoms. The van der Waals surface area contributed by atoms with Crippen molar-refractivity contribution in [3.05, 3.63) is 46.0 Å². The van der Waals surface area contributed by atoms with Crippen LogP contribution in [0.5, 0.6) is 0 Å². The molecule has 3 aromatic rings. The van der Waals surface area contributed by atoms with E-state index in [1.54, 1.807) is 41.7 Å². The summed E-state index contributed by atoms with van der Waals surface area (Å²) in [5.41, 5.74) is -0.331. The van der Waals surface area contributed by atoms with E-state index in [0.29, 0.717) is 11.4 Å². The first kappa shape index (κ1) is 24.8. The summed E-state index contributed by atoms with van der Waals surface area (Å²) in [5, 5.41) is 11.7. The molecule has 2 heterocycles. The van der Waals surface area contributed by atoms with Crippen LogP contribution in [0.3, 0.4) is 0 Å². The Bertz CT molecular complexity index is 1240. The van der Waals surface area contributed by atoms with Gasteiger partial charge in [0.15, 0.2) is 5.13 Å². The number of thiazole rings is 1. The van der Waals surface area contributed by atoms with Crippen LogP contribution in [0.1, 0.15) is 52.2 Å². The summed E-state index contributed by atoms with van der Waals surface area (Å²) in [6.07, 6.45) is 0.588. The lowest BCUT2D eigenvalue weighted by Gasteiger charge is -2.18. The minimum absolute atomic E-state index is 0.0326. The second-order valence-corrected chi connectivity index (χ2v) is 9.35. The highest BCUT2D eigenvalue weighted by Gasteiger charge is 2.20. The van der Waals surface area contributed by atoms with Crippen LogP contribution in [0.15, 0.2) is 18.3 Å². The topological polar surface area (TPSA) is 140 Å². The van der Waals surface area contributed by atoms with Crippen LogP contribution >= 0.6 is 11.3 Å². The Hall–Kier alpha value is -3.87. The molecule has 0 bridgehead atoms. The minimum atomic E-state index is -0.764. The Morgan fingerprint density at radius 1 is 1.09 bits per heavy atom. The summed E-state index contributed by atoms with van der Waals surface area (Å²) in [6.45, 7) is 8.46. The second kappa shape index (κ2) is 9.55. The maximum Gasteiger partial charge on any atom is 0.413 e. The van der Waals surface area contributed by atoms with Crippen molar-refractivity contribution in [1.29, 1.82) is 0 Å².